The van der Waals surface area contributed by atoms with Gasteiger partial charge in [-0.3, -0.25) is 0 Å². The van der Waals surface area contributed by atoms with Gasteiger partial charge in [0.1, 0.15) is 0 Å². The van der Waals surface area contributed by atoms with Crippen LogP contribution in [0.15, 0.2) is 30.3 Å². The summed E-state index contributed by atoms with van der Waals surface area (Å²) >= 11 is 0.250. The van der Waals surface area contributed by atoms with E-state index in [9.17, 15) is 0 Å². The van der Waals surface area contributed by atoms with Gasteiger partial charge in [0, 0.05) is 0 Å². The van der Waals surface area contributed by atoms with Crippen molar-refractivity contribution in [3.63, 3.8) is 0 Å². The Balaban J connectivity index is 2.14. The van der Waals surface area contributed by atoms with E-state index in [-0.39, 0.29) is 14.7 Å². The van der Waals surface area contributed by atoms with E-state index in [4.69, 9.17) is 0 Å². The predicted molar refractivity (Wildman–Crippen MR) is 74.1 cm³/mol. The van der Waals surface area contributed by atoms with Crippen LogP contribution in [-0.2, 0) is 12.8 Å². The molecule has 2 nitrogen and oxygen atoms in total. The van der Waals surface area contributed by atoms with Crippen molar-refractivity contribution in [3.05, 3.63) is 45.9 Å². The second-order valence-electron chi connectivity index (χ2n) is 4.87. The standard InChI is InChI=1S/C15H12N2Se/c1-9-2-6-12-11(8-9)4-3-10-5-7-13-15(14(10)12)16-17-18-13/h2-4,6,8H,5,7H2,1H3. The van der Waals surface area contributed by atoms with Crippen molar-refractivity contribution in [2.45, 2.75) is 19.8 Å². The van der Waals surface area contributed by atoms with Gasteiger partial charge in [-0.2, -0.15) is 0 Å². The molecule has 0 spiro atoms. The first kappa shape index (κ1) is 10.5. The van der Waals surface area contributed by atoms with Crippen LogP contribution < -0.4 is 0 Å². The third-order valence-corrected chi connectivity index (χ3v) is 5.31. The molecule has 88 valence electrons. The number of aryl methyl sites for hydroxylation is 3. The summed E-state index contributed by atoms with van der Waals surface area (Å²) in [5.74, 6) is 0. The monoisotopic (exact) mass is 300 g/mol. The van der Waals surface area contributed by atoms with Gasteiger partial charge in [0.05, 0.1) is 0 Å². The number of aromatic nitrogens is 2. The zero-order chi connectivity index (χ0) is 12.1. The molecule has 3 aromatic rings. The molecular weight excluding hydrogens is 287 g/mol. The van der Waals surface area contributed by atoms with E-state index >= 15 is 0 Å². The van der Waals surface area contributed by atoms with Crippen molar-refractivity contribution in [1.82, 2.24) is 9.19 Å². The van der Waals surface area contributed by atoms with Crippen molar-refractivity contribution < 1.29 is 0 Å². The third kappa shape index (κ3) is 1.41. The molecule has 0 fully saturated rings. The molecule has 0 unspecified atom stereocenters. The van der Waals surface area contributed by atoms with Crippen LogP contribution in [0, 0.1) is 6.92 Å². The Morgan fingerprint density at radius 2 is 2.06 bits per heavy atom. The number of hydrogen-bond donors (Lipinski definition) is 0. The molecule has 18 heavy (non-hydrogen) atoms. The van der Waals surface area contributed by atoms with Gasteiger partial charge in [0.2, 0.25) is 0 Å². The first-order valence-electron chi connectivity index (χ1n) is 6.17. The van der Waals surface area contributed by atoms with E-state index in [2.05, 4.69) is 46.4 Å². The average molecular weight is 299 g/mol. The van der Waals surface area contributed by atoms with Crippen molar-refractivity contribution in [2.24, 2.45) is 0 Å². The van der Waals surface area contributed by atoms with Crippen LogP contribution in [-0.4, -0.2) is 23.9 Å². The molecule has 0 radical (unpaired) electrons. The third-order valence-electron chi connectivity index (χ3n) is 3.68. The summed E-state index contributed by atoms with van der Waals surface area (Å²) in [5.41, 5.74) is 5.26. The van der Waals surface area contributed by atoms with Gasteiger partial charge >= 0.3 is 112 Å². The van der Waals surface area contributed by atoms with Crippen molar-refractivity contribution in [3.8, 4) is 11.3 Å². The predicted octanol–water partition coefficient (Wildman–Crippen LogP) is 2.76. The van der Waals surface area contributed by atoms with Crippen LogP contribution in [0.5, 0.6) is 0 Å². The Bertz CT molecular complexity index is 758. The van der Waals surface area contributed by atoms with E-state index in [0.29, 0.717) is 0 Å². The van der Waals surface area contributed by atoms with Gasteiger partial charge in [0.25, 0.3) is 0 Å². The Morgan fingerprint density at radius 1 is 1.11 bits per heavy atom. The molecule has 1 aliphatic rings. The molecule has 4 rings (SSSR count). The maximum absolute atomic E-state index is 4.40. The molecule has 0 aliphatic heterocycles. The summed E-state index contributed by atoms with van der Waals surface area (Å²) < 4.78 is 5.74. The molecule has 0 saturated carbocycles. The number of hydrogen-bond acceptors (Lipinski definition) is 2. The van der Waals surface area contributed by atoms with Crippen molar-refractivity contribution in [1.29, 1.82) is 0 Å². The average Bonchev–Trinajstić information content (AvgIpc) is 2.86. The summed E-state index contributed by atoms with van der Waals surface area (Å²) in [4.78, 5) is 0. The van der Waals surface area contributed by atoms with Gasteiger partial charge in [0.15, 0.2) is 0 Å². The van der Waals surface area contributed by atoms with Crippen molar-refractivity contribution in [2.75, 3.05) is 0 Å². The fourth-order valence-electron chi connectivity index (χ4n) is 2.79. The number of rotatable bonds is 0. The number of fused-ring (bicyclic) bond motifs is 5. The van der Waals surface area contributed by atoms with Crippen LogP contribution in [0.1, 0.15) is 15.6 Å². The Morgan fingerprint density at radius 3 is 3.00 bits per heavy atom. The van der Waals surface area contributed by atoms with Crippen LogP contribution in [0.2, 0.25) is 0 Å². The van der Waals surface area contributed by atoms with E-state index in [1.807, 2.05) is 0 Å². The molecule has 3 heteroatoms. The van der Waals surface area contributed by atoms with Gasteiger partial charge < -0.3 is 0 Å². The Kier molecular flexibility index (Phi) is 2.20. The zero-order valence-corrected chi connectivity index (χ0v) is 11.8. The molecule has 0 saturated heterocycles. The fourth-order valence-corrected chi connectivity index (χ4v) is 4.14. The minimum atomic E-state index is 0.250. The van der Waals surface area contributed by atoms with E-state index in [1.54, 1.807) is 0 Å². The molecule has 1 aliphatic carbocycles. The van der Waals surface area contributed by atoms with Crippen LogP contribution >= 0.6 is 0 Å². The van der Waals surface area contributed by atoms with Crippen molar-refractivity contribution >= 4 is 25.5 Å². The van der Waals surface area contributed by atoms with Gasteiger partial charge in [-0.15, -0.1) is 0 Å². The molecule has 1 heterocycles. The summed E-state index contributed by atoms with van der Waals surface area (Å²) in [6.45, 7) is 2.14. The van der Waals surface area contributed by atoms with E-state index in [0.717, 1.165) is 12.8 Å². The van der Waals surface area contributed by atoms with Gasteiger partial charge in [-0.1, -0.05) is 0 Å². The van der Waals surface area contributed by atoms with E-state index < -0.39 is 0 Å². The second kappa shape index (κ2) is 3.77. The topological polar surface area (TPSA) is 25.8 Å². The summed E-state index contributed by atoms with van der Waals surface area (Å²) in [6, 6.07) is 11.2. The first-order valence-corrected chi connectivity index (χ1v) is 7.79. The van der Waals surface area contributed by atoms with E-state index in [1.165, 1.54) is 37.6 Å². The summed E-state index contributed by atoms with van der Waals surface area (Å²) in [7, 11) is 0. The Labute approximate surface area is 112 Å². The molecule has 0 atom stereocenters. The molecule has 0 N–H and O–H groups in total. The Hall–Kier alpha value is -1.44. The van der Waals surface area contributed by atoms with Crippen LogP contribution in [0.25, 0.3) is 22.0 Å². The quantitative estimate of drug-likeness (QED) is 0.597. The first-order chi connectivity index (χ1) is 8.83. The summed E-state index contributed by atoms with van der Waals surface area (Å²) in [6.07, 6.45) is 2.29. The number of nitrogens with zero attached hydrogens (tertiary/aromatic N) is 2. The SMILES string of the molecule is Cc1ccc2c3c(ccc2c1)CCc1[se]nnc1-3. The maximum atomic E-state index is 4.40. The molecule has 0 amide bonds. The second-order valence-corrected chi connectivity index (χ2v) is 6.63. The van der Waals surface area contributed by atoms with Gasteiger partial charge in [-0.05, 0) is 0 Å². The molecular formula is C15H12N2Se. The van der Waals surface area contributed by atoms with Gasteiger partial charge in [-0.25, -0.2) is 0 Å². The molecule has 2 aromatic carbocycles. The minimum absolute atomic E-state index is 0.250. The summed E-state index contributed by atoms with van der Waals surface area (Å²) in [5, 5.41) is 7.06. The molecule has 0 bridgehead atoms. The number of benzene rings is 2. The zero-order valence-electron chi connectivity index (χ0n) is 10.1. The van der Waals surface area contributed by atoms with Crippen LogP contribution in [0.4, 0.5) is 0 Å². The fraction of sp³-hybridized carbons (Fsp3) is 0.200. The molecule has 1 aromatic heterocycles. The normalized spacial score (nSPS) is 13.4. The van der Waals surface area contributed by atoms with Crippen LogP contribution in [0.3, 0.4) is 0 Å².